The number of rotatable bonds is 3. The number of nitrogens with one attached hydrogen (secondary N) is 1. The topological polar surface area (TPSA) is 58.6 Å². The lowest BCUT2D eigenvalue weighted by atomic mass is 9.89. The molecule has 1 saturated heterocycles. The highest BCUT2D eigenvalue weighted by Gasteiger charge is 2.42. The second kappa shape index (κ2) is 7.47. The van der Waals surface area contributed by atoms with Crippen molar-refractivity contribution in [3.63, 3.8) is 0 Å². The first kappa shape index (κ1) is 18.8. The summed E-state index contributed by atoms with van der Waals surface area (Å²) in [6.07, 6.45) is 3.92. The number of hydrogen-bond donors (Lipinski definition) is 1. The summed E-state index contributed by atoms with van der Waals surface area (Å²) in [6, 6.07) is 12.7. The van der Waals surface area contributed by atoms with E-state index in [1.807, 2.05) is 24.3 Å². The Morgan fingerprint density at radius 1 is 1.14 bits per heavy atom. The molecule has 28 heavy (non-hydrogen) atoms. The average Bonchev–Trinajstić information content (AvgIpc) is 2.68. The summed E-state index contributed by atoms with van der Waals surface area (Å²) >= 11 is 6.48. The molecular formula is C22H23ClN2O3. The molecule has 0 aromatic heterocycles. The molecule has 0 radical (unpaired) electrons. The summed E-state index contributed by atoms with van der Waals surface area (Å²) in [5, 5.41) is 3.46. The van der Waals surface area contributed by atoms with Crippen molar-refractivity contribution in [2.75, 3.05) is 23.3 Å². The van der Waals surface area contributed by atoms with Gasteiger partial charge in [-0.15, -0.1) is 0 Å². The van der Waals surface area contributed by atoms with Gasteiger partial charge in [0.15, 0.2) is 5.60 Å². The number of carbonyl (C=O) groups excluding carboxylic acids is 2. The number of hydrogen-bond acceptors (Lipinski definition) is 4. The minimum atomic E-state index is -1.26. The number of carbonyl (C=O) groups is 2. The Morgan fingerprint density at radius 2 is 1.89 bits per heavy atom. The number of esters is 1. The van der Waals surface area contributed by atoms with E-state index in [0.717, 1.165) is 24.3 Å². The summed E-state index contributed by atoms with van der Waals surface area (Å²) < 4.78 is 5.49. The van der Waals surface area contributed by atoms with E-state index in [4.69, 9.17) is 16.3 Å². The minimum absolute atomic E-state index is 0.334. The first-order valence-electron chi connectivity index (χ1n) is 9.63. The largest absolute Gasteiger partial charge is 0.445 e. The third kappa shape index (κ3) is 3.59. The van der Waals surface area contributed by atoms with Gasteiger partial charge in [-0.25, -0.2) is 4.79 Å². The van der Waals surface area contributed by atoms with Crippen LogP contribution >= 0.6 is 11.6 Å². The molecule has 2 aliphatic rings. The third-order valence-electron chi connectivity index (χ3n) is 5.47. The number of fused-ring (bicyclic) bond motifs is 1. The normalized spacial score (nSPS) is 21.6. The Morgan fingerprint density at radius 3 is 2.64 bits per heavy atom. The van der Waals surface area contributed by atoms with Crippen molar-refractivity contribution in [1.82, 2.24) is 0 Å². The molecule has 146 valence electrons. The zero-order chi connectivity index (χ0) is 19.7. The molecule has 0 aliphatic carbocycles. The fourth-order valence-electron chi connectivity index (χ4n) is 3.90. The van der Waals surface area contributed by atoms with E-state index in [0.29, 0.717) is 22.7 Å². The SMILES string of the molecule is CC1(C(=O)Nc2ccc(N3CCCCC3)c(Cl)c2)Cc2ccccc2C(=O)O1. The van der Waals surface area contributed by atoms with Crippen LogP contribution in [0, 0.1) is 0 Å². The van der Waals surface area contributed by atoms with Crippen LogP contribution in [0.2, 0.25) is 5.02 Å². The number of piperidine rings is 1. The van der Waals surface area contributed by atoms with Crippen molar-refractivity contribution < 1.29 is 14.3 Å². The van der Waals surface area contributed by atoms with Gasteiger partial charge in [0, 0.05) is 25.2 Å². The Bertz CT molecular complexity index is 924. The zero-order valence-corrected chi connectivity index (χ0v) is 16.6. The predicted octanol–water partition coefficient (Wildman–Crippen LogP) is 4.44. The lowest BCUT2D eigenvalue weighted by molar-refractivity contribution is -0.134. The number of halogens is 1. The van der Waals surface area contributed by atoms with Crippen molar-refractivity contribution in [3.05, 3.63) is 58.6 Å². The summed E-state index contributed by atoms with van der Waals surface area (Å²) in [4.78, 5) is 27.5. The fourth-order valence-corrected chi connectivity index (χ4v) is 4.20. The van der Waals surface area contributed by atoms with E-state index in [2.05, 4.69) is 10.2 Å². The summed E-state index contributed by atoms with van der Waals surface area (Å²) in [5.74, 6) is -0.838. The molecule has 2 aliphatic heterocycles. The van der Waals surface area contributed by atoms with Gasteiger partial charge in [0.05, 0.1) is 16.3 Å². The van der Waals surface area contributed by atoms with Crippen molar-refractivity contribution >= 4 is 34.9 Å². The van der Waals surface area contributed by atoms with Gasteiger partial charge in [0.25, 0.3) is 5.91 Å². The molecule has 1 fully saturated rings. The second-order valence-corrected chi connectivity index (χ2v) is 8.03. The van der Waals surface area contributed by atoms with Crippen molar-refractivity contribution in [2.24, 2.45) is 0 Å². The lowest BCUT2D eigenvalue weighted by Gasteiger charge is -2.33. The van der Waals surface area contributed by atoms with E-state index in [1.165, 1.54) is 19.3 Å². The molecule has 4 rings (SSSR count). The Kier molecular flexibility index (Phi) is 5.02. The van der Waals surface area contributed by atoms with Gasteiger partial charge in [0.2, 0.25) is 0 Å². The van der Waals surface area contributed by atoms with Crippen molar-refractivity contribution in [2.45, 2.75) is 38.2 Å². The van der Waals surface area contributed by atoms with E-state index in [9.17, 15) is 9.59 Å². The van der Waals surface area contributed by atoms with Gasteiger partial charge in [-0.05, 0) is 56.0 Å². The predicted molar refractivity (Wildman–Crippen MR) is 110 cm³/mol. The average molecular weight is 399 g/mol. The molecule has 1 unspecified atom stereocenters. The van der Waals surface area contributed by atoms with Gasteiger partial charge >= 0.3 is 5.97 Å². The number of ether oxygens (including phenoxy) is 1. The van der Waals surface area contributed by atoms with Crippen LogP contribution < -0.4 is 10.2 Å². The molecule has 0 bridgehead atoms. The molecule has 1 N–H and O–H groups in total. The van der Waals surface area contributed by atoms with E-state index >= 15 is 0 Å². The monoisotopic (exact) mass is 398 g/mol. The molecule has 2 aromatic carbocycles. The molecule has 6 heteroatoms. The van der Waals surface area contributed by atoms with Crippen LogP contribution in [-0.4, -0.2) is 30.6 Å². The first-order chi connectivity index (χ1) is 13.5. The maximum atomic E-state index is 12.9. The van der Waals surface area contributed by atoms with E-state index < -0.39 is 11.6 Å². The Labute approximate surface area is 169 Å². The molecule has 0 saturated carbocycles. The van der Waals surface area contributed by atoms with Crippen molar-refractivity contribution in [3.8, 4) is 0 Å². The number of benzene rings is 2. The van der Waals surface area contributed by atoms with Crippen LogP contribution in [0.5, 0.6) is 0 Å². The van der Waals surface area contributed by atoms with Crippen LogP contribution in [0.15, 0.2) is 42.5 Å². The number of amides is 1. The summed E-state index contributed by atoms with van der Waals surface area (Å²) in [7, 11) is 0. The standard InChI is InChI=1S/C22H23ClN2O3/c1-22(14-15-7-3-4-8-17(15)20(26)28-22)21(27)24-16-9-10-19(18(23)13-16)25-11-5-2-6-12-25/h3-4,7-10,13H,2,5-6,11-12,14H2,1H3,(H,24,27). The third-order valence-corrected chi connectivity index (χ3v) is 5.77. The van der Waals surface area contributed by atoms with Gasteiger partial charge in [-0.3, -0.25) is 4.79 Å². The molecule has 2 aromatic rings. The van der Waals surface area contributed by atoms with Crippen molar-refractivity contribution in [1.29, 1.82) is 0 Å². The molecule has 1 amide bonds. The van der Waals surface area contributed by atoms with Crippen LogP contribution in [0.3, 0.4) is 0 Å². The van der Waals surface area contributed by atoms with Gasteiger partial charge in [-0.1, -0.05) is 29.8 Å². The van der Waals surface area contributed by atoms with Crippen LogP contribution in [0.4, 0.5) is 11.4 Å². The fraction of sp³-hybridized carbons (Fsp3) is 0.364. The molecule has 2 heterocycles. The van der Waals surface area contributed by atoms with E-state index in [1.54, 1.807) is 25.1 Å². The highest BCUT2D eigenvalue weighted by atomic mass is 35.5. The molecule has 5 nitrogen and oxygen atoms in total. The highest BCUT2D eigenvalue weighted by molar-refractivity contribution is 6.33. The number of nitrogens with zero attached hydrogens (tertiary/aromatic N) is 1. The van der Waals surface area contributed by atoms with Crippen LogP contribution in [0.1, 0.15) is 42.1 Å². The van der Waals surface area contributed by atoms with Gasteiger partial charge in [0.1, 0.15) is 0 Å². The summed E-state index contributed by atoms with van der Waals surface area (Å²) in [6.45, 7) is 3.64. The van der Waals surface area contributed by atoms with Gasteiger partial charge < -0.3 is 15.0 Å². The highest BCUT2D eigenvalue weighted by Crippen LogP contribution is 2.33. The Balaban J connectivity index is 1.50. The first-order valence-corrected chi connectivity index (χ1v) is 10.0. The maximum absolute atomic E-state index is 12.9. The lowest BCUT2D eigenvalue weighted by Crippen LogP contribution is -2.48. The smallest absolute Gasteiger partial charge is 0.339 e. The molecule has 1 atom stereocenters. The minimum Gasteiger partial charge on any atom is -0.445 e. The number of anilines is 2. The van der Waals surface area contributed by atoms with E-state index in [-0.39, 0.29) is 5.91 Å². The Hall–Kier alpha value is -2.53. The van der Waals surface area contributed by atoms with Crippen LogP contribution in [-0.2, 0) is 16.0 Å². The number of cyclic esters (lactones) is 1. The quantitative estimate of drug-likeness (QED) is 0.776. The second-order valence-electron chi connectivity index (χ2n) is 7.62. The molecule has 0 spiro atoms. The van der Waals surface area contributed by atoms with Crippen LogP contribution in [0.25, 0.3) is 0 Å². The molecular weight excluding hydrogens is 376 g/mol. The zero-order valence-electron chi connectivity index (χ0n) is 15.8. The van der Waals surface area contributed by atoms with Gasteiger partial charge in [-0.2, -0.15) is 0 Å². The maximum Gasteiger partial charge on any atom is 0.339 e. The summed E-state index contributed by atoms with van der Waals surface area (Å²) in [5.41, 5.74) is 1.65.